The second kappa shape index (κ2) is 43.1. The van der Waals surface area contributed by atoms with Crippen molar-refractivity contribution in [3.63, 3.8) is 0 Å². The van der Waals surface area contributed by atoms with Crippen molar-refractivity contribution in [2.24, 2.45) is 35.2 Å². The maximum absolute atomic E-state index is 6.75. The lowest BCUT2D eigenvalue weighted by Gasteiger charge is -2.06. The van der Waals surface area contributed by atoms with E-state index in [0.717, 1.165) is 150 Å². The molecule has 0 radical (unpaired) electrons. The summed E-state index contributed by atoms with van der Waals surface area (Å²) in [7, 11) is 10.9. The summed E-state index contributed by atoms with van der Waals surface area (Å²) >= 11 is 40.4. The van der Waals surface area contributed by atoms with E-state index < -0.39 is 0 Å². The van der Waals surface area contributed by atoms with Crippen LogP contribution in [-0.2, 0) is 41.8 Å². The molecule has 0 saturated heterocycles. The lowest BCUT2D eigenvalue weighted by molar-refractivity contribution is 0.415. The standard InChI is InChI=1S/C19H15ClN4O.5C19H15ClN4/c1-24-19-15(17(23-24)13-9-6-10-14(11-13)25-2)16(20)18(21-22-19)12-7-4-3-5-8-12;1-12-8-6-7-11-14(12)18-15-16(20)17(13-9-4-3-5-10-13)21-22-19(15)24(2)23-18;1-12-7-6-10-14(11-12)17-15-16(20)18(13-8-4-3-5-9-13)21-22-19(15)24(2)23-17;1-12-7-6-10-14(11-12)18-16(20)15-17(13-8-4-3-5-9-13)23-24(2)19(15)22-21-18;1-12-8-10-14(11-9-12)17-15-16(20)18(13-6-4-3-5-7-13)21-22-19(15)24(2)23-17;1-2-24-19-15(17(23-24)13-9-5-3-6-10-13)16(20)18(21-22-19)14-11-7-4-8-12-14/h3-11H,1-2H3;4*3-11H,1-2H3;3-12H,2H2,1H3. The van der Waals surface area contributed by atoms with Gasteiger partial charge in [-0.2, -0.15) is 30.6 Å². The van der Waals surface area contributed by atoms with Crippen LogP contribution >= 0.6 is 69.6 Å². The predicted molar refractivity (Wildman–Crippen MR) is 583 cm³/mol. The van der Waals surface area contributed by atoms with Crippen LogP contribution in [0.15, 0.2) is 334 Å². The molecule has 24 rings (SSSR count). The molecule has 0 atom stereocenters. The van der Waals surface area contributed by atoms with Crippen LogP contribution in [0.5, 0.6) is 5.75 Å². The van der Waals surface area contributed by atoms with E-state index in [1.165, 1.54) is 11.1 Å². The Balaban J connectivity index is 0.000000110. The molecule has 0 aliphatic rings. The number of ether oxygens (including phenoxy) is 1. The van der Waals surface area contributed by atoms with Gasteiger partial charge >= 0.3 is 0 Å². The topological polar surface area (TPSA) is 271 Å². The summed E-state index contributed by atoms with van der Waals surface area (Å²) in [5.74, 6) is 0.762. The molecule has 24 aromatic rings. The van der Waals surface area contributed by atoms with Crippen molar-refractivity contribution in [3.05, 3.63) is 386 Å². The molecule has 714 valence electrons. The number of nitrogens with zero attached hydrogens (tertiary/aromatic N) is 24. The number of fused-ring (bicyclic) bond motifs is 6. The third kappa shape index (κ3) is 20.0. The zero-order valence-corrected chi connectivity index (χ0v) is 84.9. The first-order chi connectivity index (χ1) is 70.6. The van der Waals surface area contributed by atoms with E-state index in [4.69, 9.17) is 79.4 Å². The van der Waals surface area contributed by atoms with Crippen molar-refractivity contribution in [1.82, 2.24) is 120 Å². The van der Waals surface area contributed by atoms with Gasteiger partial charge in [0.25, 0.3) is 0 Å². The van der Waals surface area contributed by atoms with E-state index in [0.29, 0.717) is 105 Å². The second-order valence-electron chi connectivity index (χ2n) is 34.1. The highest BCUT2D eigenvalue weighted by molar-refractivity contribution is 6.42. The Kier molecular flexibility index (Phi) is 28.9. The quantitative estimate of drug-likeness (QED) is 0.0978. The van der Waals surface area contributed by atoms with Crippen LogP contribution in [0.2, 0.25) is 30.1 Å². The van der Waals surface area contributed by atoms with Crippen LogP contribution in [0.25, 0.3) is 201 Å². The molecule has 145 heavy (non-hydrogen) atoms. The molecular formula is C114H90Cl6N24O. The van der Waals surface area contributed by atoms with Crippen molar-refractivity contribution in [2.75, 3.05) is 7.11 Å². The van der Waals surface area contributed by atoms with Gasteiger partial charge in [0.1, 0.15) is 74.1 Å². The molecule has 0 bridgehead atoms. The van der Waals surface area contributed by atoms with Gasteiger partial charge in [0, 0.05) is 109 Å². The summed E-state index contributed by atoms with van der Waals surface area (Å²) in [5.41, 5.74) is 29.3. The van der Waals surface area contributed by atoms with Crippen molar-refractivity contribution in [3.8, 4) is 141 Å². The first-order valence-corrected chi connectivity index (χ1v) is 48.5. The minimum Gasteiger partial charge on any atom is -0.497 e. The average molecular weight is 2020 g/mol. The van der Waals surface area contributed by atoms with E-state index in [1.807, 2.05) is 333 Å². The molecule has 0 aliphatic carbocycles. The highest BCUT2D eigenvalue weighted by Gasteiger charge is 2.28. The number of halogens is 6. The number of benzene rings is 12. The first kappa shape index (κ1) is 97.3. The zero-order chi connectivity index (χ0) is 101. The van der Waals surface area contributed by atoms with E-state index in [9.17, 15) is 0 Å². The van der Waals surface area contributed by atoms with Gasteiger partial charge in [-0.3, -0.25) is 0 Å². The Hall–Kier alpha value is -16.5. The average Bonchev–Trinajstić information content (AvgIpc) is 1.63. The van der Waals surface area contributed by atoms with Gasteiger partial charge < -0.3 is 4.74 Å². The molecule has 25 nitrogen and oxygen atoms in total. The van der Waals surface area contributed by atoms with Crippen molar-refractivity contribution < 1.29 is 4.74 Å². The fraction of sp³-hybridized carbons (Fsp3) is 0.105. The molecule has 0 aliphatic heterocycles. The summed E-state index contributed by atoms with van der Waals surface area (Å²) < 4.78 is 15.7. The Morgan fingerprint density at radius 1 is 0.214 bits per heavy atom. The molecule has 0 spiro atoms. The number of methoxy groups -OCH3 is 1. The van der Waals surface area contributed by atoms with Crippen LogP contribution in [0.4, 0.5) is 0 Å². The number of aryl methyl sites for hydroxylation is 10. The molecule has 12 aromatic heterocycles. The second-order valence-corrected chi connectivity index (χ2v) is 36.4. The molecular weight excluding hydrogens is 1930 g/mol. The van der Waals surface area contributed by atoms with Gasteiger partial charge in [0.15, 0.2) is 33.9 Å². The Labute approximate surface area is 864 Å². The van der Waals surface area contributed by atoms with E-state index in [1.54, 1.807) is 30.5 Å². The van der Waals surface area contributed by atoms with Crippen molar-refractivity contribution in [2.45, 2.75) is 41.2 Å². The monoisotopic (exact) mass is 2020 g/mol. The molecule has 0 N–H and O–H groups in total. The maximum atomic E-state index is 6.75. The van der Waals surface area contributed by atoms with Crippen LogP contribution < -0.4 is 4.74 Å². The minimum absolute atomic E-state index is 0.544. The largest absolute Gasteiger partial charge is 0.497 e. The molecule has 12 aromatic carbocycles. The smallest absolute Gasteiger partial charge is 0.182 e. The number of aromatic nitrogens is 24. The highest BCUT2D eigenvalue weighted by atomic mass is 35.5. The van der Waals surface area contributed by atoms with Gasteiger partial charge in [0.2, 0.25) is 0 Å². The summed E-state index contributed by atoms with van der Waals surface area (Å²) in [6.45, 7) is 11.0. The molecule has 31 heteroatoms. The Morgan fingerprint density at radius 3 is 0.759 bits per heavy atom. The highest BCUT2D eigenvalue weighted by Crippen LogP contribution is 2.46. The lowest BCUT2D eigenvalue weighted by Crippen LogP contribution is -1.99. The molecule has 0 amide bonds. The minimum atomic E-state index is 0.544. The predicted octanol–water partition coefficient (Wildman–Crippen LogP) is 27.8. The number of hydrogen-bond acceptors (Lipinski definition) is 19. The maximum Gasteiger partial charge on any atom is 0.182 e. The zero-order valence-electron chi connectivity index (χ0n) is 80.4. The van der Waals surface area contributed by atoms with Gasteiger partial charge in [0.05, 0.1) is 69.6 Å². The third-order valence-electron chi connectivity index (χ3n) is 24.3. The Morgan fingerprint density at radius 2 is 0.448 bits per heavy atom. The molecule has 0 saturated carbocycles. The van der Waals surface area contributed by atoms with Crippen LogP contribution in [0.3, 0.4) is 0 Å². The summed E-state index contributed by atoms with van der Waals surface area (Å²) in [6.07, 6.45) is 0. The third-order valence-corrected chi connectivity index (χ3v) is 26.5. The fourth-order valence-electron chi connectivity index (χ4n) is 17.1. The van der Waals surface area contributed by atoms with Crippen molar-refractivity contribution >= 4 is 136 Å². The van der Waals surface area contributed by atoms with Crippen LogP contribution in [0, 0.1) is 27.7 Å². The molecule has 0 unspecified atom stereocenters. The number of rotatable bonds is 14. The summed E-state index contributed by atoms with van der Waals surface area (Å²) in [4.78, 5) is 0. The van der Waals surface area contributed by atoms with Gasteiger partial charge in [-0.05, 0) is 64.4 Å². The van der Waals surface area contributed by atoms with Crippen molar-refractivity contribution in [1.29, 1.82) is 0 Å². The first-order valence-electron chi connectivity index (χ1n) is 46.3. The summed E-state index contributed by atoms with van der Waals surface area (Å²) in [5, 5.41) is 88.3. The lowest BCUT2D eigenvalue weighted by atomic mass is 10.0. The summed E-state index contributed by atoms with van der Waals surface area (Å²) in [6, 6.07) is 110. The van der Waals surface area contributed by atoms with Crippen LogP contribution in [0.1, 0.15) is 29.2 Å². The number of hydrogen-bond donors (Lipinski definition) is 0. The van der Waals surface area contributed by atoms with Gasteiger partial charge in [-0.1, -0.05) is 396 Å². The van der Waals surface area contributed by atoms with Gasteiger partial charge in [-0.25, -0.2) is 28.1 Å². The SMILES string of the molecule is CCn1nc(-c2ccccc2)c2c(Cl)c(-c3ccccc3)nnc21.COc1cccc(-c2nn(C)c3nnc(-c4ccccc4)c(Cl)c23)c1.Cc1ccc(-c2nn(C)c3nnc(-c4ccccc4)c(Cl)c23)cc1.Cc1cccc(-c2nn(C)c3nnc(-c4ccccc4)c(Cl)c23)c1.Cc1cccc(-c2nnc3c(c(-c4ccccc4)nn3C)c2Cl)c1.Cc1ccccc1-c1nn(C)c2nnc(-c3ccccc3)c(Cl)c12. The van der Waals surface area contributed by atoms with E-state index in [2.05, 4.69) is 162 Å². The fourth-order valence-corrected chi connectivity index (χ4v) is 19.0. The van der Waals surface area contributed by atoms with E-state index >= 15 is 0 Å². The molecule has 12 heterocycles. The van der Waals surface area contributed by atoms with E-state index in [-0.39, 0.29) is 0 Å². The van der Waals surface area contributed by atoms with Crippen LogP contribution in [-0.4, -0.2) is 127 Å². The van der Waals surface area contributed by atoms with Gasteiger partial charge in [-0.15, -0.1) is 61.2 Å². The molecule has 0 fully saturated rings. The Bertz CT molecular complexity index is 8790. The normalized spacial score (nSPS) is 11.1.